The Balaban J connectivity index is 1.57. The summed E-state index contributed by atoms with van der Waals surface area (Å²) < 4.78 is 10.8. The van der Waals surface area contributed by atoms with E-state index in [1.165, 1.54) is 84.5 Å². The number of benzene rings is 5. The van der Waals surface area contributed by atoms with Crippen molar-refractivity contribution in [2.75, 3.05) is 17.2 Å². The highest BCUT2D eigenvalue weighted by Crippen LogP contribution is 2.80. The van der Waals surface area contributed by atoms with Crippen LogP contribution in [0, 0.1) is 47.5 Å². The second-order valence-electron chi connectivity index (χ2n) is 14.3. The average molecular weight is 663 g/mol. The van der Waals surface area contributed by atoms with Gasteiger partial charge in [-0.2, -0.15) is 0 Å². The van der Waals surface area contributed by atoms with Crippen molar-refractivity contribution in [1.82, 2.24) is 0 Å². The first kappa shape index (κ1) is 31.4. The third kappa shape index (κ3) is 4.81. The van der Waals surface area contributed by atoms with Crippen molar-refractivity contribution in [1.29, 1.82) is 0 Å². The van der Waals surface area contributed by atoms with Gasteiger partial charge in [-0.25, -0.2) is 0 Å². The molecule has 49 heavy (non-hydrogen) atoms. The predicted molar refractivity (Wildman–Crippen MR) is 212 cm³/mol. The van der Waals surface area contributed by atoms with E-state index < -0.39 is 10.8 Å². The molecule has 5 aromatic carbocycles. The van der Waals surface area contributed by atoms with Crippen LogP contribution >= 0.6 is 10.8 Å². The first-order chi connectivity index (χ1) is 23.6. The van der Waals surface area contributed by atoms with Gasteiger partial charge in [0.25, 0.3) is 0 Å². The molecule has 0 fully saturated rings. The summed E-state index contributed by atoms with van der Waals surface area (Å²) in [7, 11) is -2.36. The number of fused-ring (bicyclic) bond motifs is 1. The lowest BCUT2D eigenvalue weighted by Crippen LogP contribution is -2.47. The van der Waals surface area contributed by atoms with E-state index in [-0.39, 0.29) is 0 Å². The van der Waals surface area contributed by atoms with E-state index in [1.807, 2.05) is 0 Å². The number of hydrogen-bond donors (Lipinski definition) is 0. The van der Waals surface area contributed by atoms with Crippen LogP contribution in [0.2, 0.25) is 0 Å². The molecule has 0 saturated carbocycles. The molecule has 0 N–H and O–H groups in total. The van der Waals surface area contributed by atoms with Gasteiger partial charge in [0.15, 0.2) is 0 Å². The summed E-state index contributed by atoms with van der Waals surface area (Å²) in [5.74, 6) is 0.426. The van der Waals surface area contributed by atoms with Crippen molar-refractivity contribution in [2.24, 2.45) is 5.92 Å². The number of rotatable bonds is 4. The largest absolute Gasteiger partial charge is 0.257 e. The maximum absolute atomic E-state index is 2.74. The Labute approximate surface area is 294 Å². The van der Waals surface area contributed by atoms with Crippen molar-refractivity contribution in [3.63, 3.8) is 0 Å². The van der Waals surface area contributed by atoms with E-state index in [9.17, 15) is 0 Å². The van der Waals surface area contributed by atoms with Gasteiger partial charge in [-0.1, -0.05) is 83.3 Å². The molecule has 0 radical (unpaired) electrons. The first-order valence-electron chi connectivity index (χ1n) is 17.4. The normalized spacial score (nSPS) is 18.6. The fourth-order valence-corrected chi connectivity index (χ4v) is 11.7. The molecule has 0 bridgehead atoms. The van der Waals surface area contributed by atoms with E-state index in [0.717, 1.165) is 6.42 Å². The predicted octanol–water partition coefficient (Wildman–Crippen LogP) is 12.5. The Kier molecular flexibility index (Phi) is 7.45. The molecule has 2 heterocycles. The summed E-state index contributed by atoms with van der Waals surface area (Å²) in [5.41, 5.74) is 18.9. The highest BCUT2D eigenvalue weighted by Gasteiger charge is 2.61. The van der Waals surface area contributed by atoms with Crippen molar-refractivity contribution >= 4 is 44.9 Å². The molecule has 1 unspecified atom stereocenters. The van der Waals surface area contributed by atoms with Gasteiger partial charge >= 0.3 is 0 Å². The van der Waals surface area contributed by atoms with Crippen LogP contribution in [0.3, 0.4) is 0 Å². The second-order valence-corrected chi connectivity index (χ2v) is 16.7. The van der Waals surface area contributed by atoms with Crippen molar-refractivity contribution < 1.29 is 0 Å². The summed E-state index contributed by atoms with van der Waals surface area (Å²) in [5, 5.41) is 0. The SMILES string of the molecule is CC1=CC2=C(CC1C)N(c1ccc(C)cc1)S1(N2c2ccc(C)cc2)N(c2ccc(C)cc2)c2cc(C)c(C)cc2N1c1ccc(C)cc1. The lowest BCUT2D eigenvalue weighted by molar-refractivity contribution is 0.653. The summed E-state index contributed by atoms with van der Waals surface area (Å²) in [6, 6.07) is 41.6. The molecule has 8 rings (SSSR count). The van der Waals surface area contributed by atoms with Crippen LogP contribution in [0.5, 0.6) is 0 Å². The molecule has 1 spiro atoms. The van der Waals surface area contributed by atoms with Crippen LogP contribution < -0.4 is 17.2 Å². The van der Waals surface area contributed by atoms with Gasteiger partial charge in [0.2, 0.25) is 0 Å². The van der Waals surface area contributed by atoms with Gasteiger partial charge < -0.3 is 0 Å². The molecule has 4 nitrogen and oxygen atoms in total. The average Bonchev–Trinajstić information content (AvgIpc) is 3.51. The first-order valence-corrected chi connectivity index (χ1v) is 18.9. The highest BCUT2D eigenvalue weighted by atomic mass is 32.3. The quantitative estimate of drug-likeness (QED) is 0.190. The number of allylic oxidation sites excluding steroid dienone is 3. The Morgan fingerprint density at radius 1 is 0.469 bits per heavy atom. The molecule has 1 atom stereocenters. The molecule has 5 heteroatoms. The Morgan fingerprint density at radius 3 is 1.20 bits per heavy atom. The van der Waals surface area contributed by atoms with Crippen molar-refractivity contribution in [3.8, 4) is 0 Å². The molecule has 1 aliphatic carbocycles. The van der Waals surface area contributed by atoms with Crippen molar-refractivity contribution in [2.45, 2.75) is 61.8 Å². The minimum absolute atomic E-state index is 0.426. The zero-order valence-electron chi connectivity index (χ0n) is 30.0. The van der Waals surface area contributed by atoms with Gasteiger partial charge in [0.1, 0.15) is 10.8 Å². The smallest absolute Gasteiger partial charge is 0.102 e. The summed E-state index contributed by atoms with van der Waals surface area (Å²) >= 11 is 0. The molecule has 3 aliphatic rings. The third-order valence-corrected chi connectivity index (χ3v) is 14.1. The molecule has 0 aromatic heterocycles. The van der Waals surface area contributed by atoms with E-state index in [0.29, 0.717) is 5.92 Å². The Morgan fingerprint density at radius 2 is 0.816 bits per heavy atom. The Bertz CT molecular complexity index is 2050. The summed E-state index contributed by atoms with van der Waals surface area (Å²) in [4.78, 5) is 0. The molecule has 248 valence electrons. The number of anilines is 6. The highest BCUT2D eigenvalue weighted by molar-refractivity contribution is 8.39. The van der Waals surface area contributed by atoms with Crippen LogP contribution in [-0.4, -0.2) is 0 Å². The third-order valence-electron chi connectivity index (χ3n) is 10.5. The molecule has 2 aliphatic heterocycles. The minimum atomic E-state index is -2.36. The number of nitrogens with zero attached hydrogens (tertiary/aromatic N) is 4. The van der Waals surface area contributed by atoms with Gasteiger partial charge in [0.05, 0.1) is 45.5 Å². The molecule has 0 amide bonds. The maximum Gasteiger partial charge on any atom is 0.102 e. The maximum atomic E-state index is 2.74. The van der Waals surface area contributed by atoms with Crippen LogP contribution in [-0.2, 0) is 0 Å². The van der Waals surface area contributed by atoms with E-state index in [2.05, 4.69) is 188 Å². The van der Waals surface area contributed by atoms with E-state index in [4.69, 9.17) is 0 Å². The van der Waals surface area contributed by atoms with E-state index >= 15 is 0 Å². The molecular weight excluding hydrogens is 617 g/mol. The Hall–Kier alpha value is -4.87. The van der Waals surface area contributed by atoms with Crippen molar-refractivity contribution in [3.05, 3.63) is 166 Å². The number of hydrogen-bond acceptors (Lipinski definition) is 4. The fourth-order valence-electron chi connectivity index (χ4n) is 7.36. The number of aryl methyl sites for hydroxylation is 6. The van der Waals surface area contributed by atoms with Crippen LogP contribution in [0.15, 0.2) is 132 Å². The molecule has 0 saturated heterocycles. The van der Waals surface area contributed by atoms with Crippen LogP contribution in [0.1, 0.15) is 53.6 Å². The standard InChI is InChI=1S/C44H46N4S/c1-29-9-17-37(18-10-29)45-41-25-33(5)34(6)26-42(41)46(38-19-11-30(2)12-20-38)49(45)47(39-21-13-31(3)14-22-39)43-27-35(7)36(8)28-44(43)48(49)40-23-15-32(4)16-24-40/h9-27,36H,28H2,1-8H3. The lowest BCUT2D eigenvalue weighted by atomic mass is 9.90. The van der Waals surface area contributed by atoms with Gasteiger partial charge in [-0.05, 0) is 139 Å². The fraction of sp³-hybridized carbons (Fsp3) is 0.227. The second kappa shape index (κ2) is 11.6. The zero-order valence-corrected chi connectivity index (χ0v) is 30.8. The van der Waals surface area contributed by atoms with Gasteiger partial charge in [-0.3, -0.25) is 17.2 Å². The topological polar surface area (TPSA) is 13.0 Å². The summed E-state index contributed by atoms with van der Waals surface area (Å²) in [6.45, 7) is 17.9. The van der Waals surface area contributed by atoms with E-state index in [1.54, 1.807) is 0 Å². The monoisotopic (exact) mass is 662 g/mol. The zero-order chi connectivity index (χ0) is 34.2. The lowest BCUT2D eigenvalue weighted by Gasteiger charge is -2.57. The van der Waals surface area contributed by atoms with Crippen LogP contribution in [0.4, 0.5) is 34.1 Å². The van der Waals surface area contributed by atoms with Gasteiger partial charge in [0, 0.05) is 0 Å². The molecule has 5 aromatic rings. The minimum Gasteiger partial charge on any atom is -0.257 e. The van der Waals surface area contributed by atoms with Gasteiger partial charge in [-0.15, -0.1) is 0 Å². The van der Waals surface area contributed by atoms with Crippen LogP contribution in [0.25, 0.3) is 0 Å². The molecular formula is C44H46N4S. The summed E-state index contributed by atoms with van der Waals surface area (Å²) in [6.07, 6.45) is 3.44.